The van der Waals surface area contributed by atoms with Crippen molar-refractivity contribution in [1.29, 1.82) is 0 Å². The molecule has 0 bridgehead atoms. The first kappa shape index (κ1) is 19.6. The fourth-order valence-electron chi connectivity index (χ4n) is 3.37. The molecule has 0 radical (unpaired) electrons. The van der Waals surface area contributed by atoms with Crippen LogP contribution in [0.1, 0.15) is 37.0 Å². The fourth-order valence-corrected chi connectivity index (χ4v) is 3.37. The summed E-state index contributed by atoms with van der Waals surface area (Å²) in [5.41, 5.74) is 1.62. The zero-order chi connectivity index (χ0) is 20.1. The van der Waals surface area contributed by atoms with Crippen LogP contribution in [-0.2, 0) is 19.1 Å². The number of hydrogen-bond acceptors (Lipinski definition) is 5. The van der Waals surface area contributed by atoms with Gasteiger partial charge in [-0.25, -0.2) is 14.5 Å². The van der Waals surface area contributed by atoms with Crippen LogP contribution in [0.2, 0.25) is 0 Å². The number of carbonyl (C=O) groups is 3. The number of ether oxygens (including phenoxy) is 2. The van der Waals surface area contributed by atoms with E-state index in [2.05, 4.69) is 0 Å². The first-order chi connectivity index (χ1) is 13.5. The Morgan fingerprint density at radius 3 is 2.00 bits per heavy atom. The van der Waals surface area contributed by atoms with E-state index in [-0.39, 0.29) is 5.92 Å². The van der Waals surface area contributed by atoms with E-state index in [1.165, 1.54) is 7.11 Å². The van der Waals surface area contributed by atoms with Gasteiger partial charge in [-0.2, -0.15) is 0 Å². The highest BCUT2D eigenvalue weighted by Crippen LogP contribution is 2.30. The maximum atomic E-state index is 13.0. The average molecular weight is 381 g/mol. The second kappa shape index (κ2) is 8.69. The first-order valence-corrected chi connectivity index (χ1v) is 9.24. The summed E-state index contributed by atoms with van der Waals surface area (Å²) < 4.78 is 10.6. The number of amides is 2. The number of imide groups is 1. The molecule has 1 aliphatic heterocycles. The van der Waals surface area contributed by atoms with E-state index in [0.717, 1.165) is 16.0 Å². The van der Waals surface area contributed by atoms with Crippen molar-refractivity contribution in [3.8, 4) is 0 Å². The third kappa shape index (κ3) is 4.06. The van der Waals surface area contributed by atoms with Crippen LogP contribution in [0, 0.1) is 5.92 Å². The number of rotatable bonds is 4. The summed E-state index contributed by atoms with van der Waals surface area (Å²) in [6, 6.07) is 17.7. The molecule has 2 aromatic carbocycles. The summed E-state index contributed by atoms with van der Waals surface area (Å²) in [6.07, 6.45) is -0.622. The van der Waals surface area contributed by atoms with Gasteiger partial charge in [-0.1, -0.05) is 67.6 Å². The molecule has 0 N–H and O–H groups in total. The van der Waals surface area contributed by atoms with Gasteiger partial charge in [-0.05, 0) is 24.0 Å². The molecule has 2 amide bonds. The molecule has 1 aliphatic rings. The van der Waals surface area contributed by atoms with Crippen LogP contribution in [0.5, 0.6) is 0 Å². The second-order valence-corrected chi connectivity index (χ2v) is 6.81. The van der Waals surface area contributed by atoms with Gasteiger partial charge in [0.05, 0.1) is 7.11 Å². The molecular formula is C22H23NO5. The molecule has 1 fully saturated rings. The van der Waals surface area contributed by atoms with Crippen molar-refractivity contribution in [3.05, 3.63) is 71.8 Å². The highest BCUT2D eigenvalue weighted by molar-refractivity contribution is 5.98. The lowest BCUT2D eigenvalue weighted by Crippen LogP contribution is -2.54. The van der Waals surface area contributed by atoms with Crippen molar-refractivity contribution in [2.45, 2.75) is 31.9 Å². The summed E-state index contributed by atoms with van der Waals surface area (Å²) in [5.74, 6) is -1.39. The molecular weight excluding hydrogens is 358 g/mol. The number of esters is 1. The zero-order valence-electron chi connectivity index (χ0n) is 15.9. The van der Waals surface area contributed by atoms with Gasteiger partial charge in [0.2, 0.25) is 5.91 Å². The van der Waals surface area contributed by atoms with Crippen molar-refractivity contribution in [1.82, 2.24) is 4.90 Å². The Morgan fingerprint density at radius 2 is 1.50 bits per heavy atom. The number of hydrogen-bond donors (Lipinski definition) is 0. The van der Waals surface area contributed by atoms with Gasteiger partial charge in [0.25, 0.3) is 0 Å². The molecule has 2 atom stereocenters. The summed E-state index contributed by atoms with van der Waals surface area (Å²) >= 11 is 0. The lowest BCUT2D eigenvalue weighted by molar-refractivity contribution is -0.161. The molecule has 1 heterocycles. The third-order valence-electron chi connectivity index (χ3n) is 4.93. The van der Waals surface area contributed by atoms with Gasteiger partial charge in [0.1, 0.15) is 6.04 Å². The fraction of sp³-hybridized carbons (Fsp3) is 0.318. The van der Waals surface area contributed by atoms with Crippen LogP contribution in [-0.4, -0.2) is 36.0 Å². The lowest BCUT2D eigenvalue weighted by Gasteiger charge is -2.35. The van der Waals surface area contributed by atoms with Crippen molar-refractivity contribution in [3.63, 3.8) is 0 Å². The van der Waals surface area contributed by atoms with Crippen LogP contribution >= 0.6 is 0 Å². The average Bonchev–Trinajstić information content (AvgIpc) is 2.74. The lowest BCUT2D eigenvalue weighted by atomic mass is 9.93. The van der Waals surface area contributed by atoms with Gasteiger partial charge >= 0.3 is 12.1 Å². The zero-order valence-corrected chi connectivity index (χ0v) is 15.9. The van der Waals surface area contributed by atoms with E-state index in [9.17, 15) is 14.4 Å². The maximum Gasteiger partial charge on any atom is 0.417 e. The first-order valence-electron chi connectivity index (χ1n) is 9.24. The molecule has 0 aliphatic carbocycles. The Balaban J connectivity index is 1.89. The highest BCUT2D eigenvalue weighted by Gasteiger charge is 2.43. The highest BCUT2D eigenvalue weighted by atomic mass is 16.6. The minimum absolute atomic E-state index is 0.344. The quantitative estimate of drug-likeness (QED) is 0.755. The second-order valence-electron chi connectivity index (χ2n) is 6.81. The number of benzene rings is 2. The Labute approximate surface area is 164 Å². The van der Waals surface area contributed by atoms with Crippen molar-refractivity contribution < 1.29 is 23.9 Å². The van der Waals surface area contributed by atoms with Crippen LogP contribution in [0.25, 0.3) is 0 Å². The minimum Gasteiger partial charge on any atom is -0.452 e. The van der Waals surface area contributed by atoms with Crippen molar-refractivity contribution in [2.75, 3.05) is 7.11 Å². The van der Waals surface area contributed by atoms with E-state index in [0.29, 0.717) is 12.8 Å². The predicted molar refractivity (Wildman–Crippen MR) is 102 cm³/mol. The molecule has 0 unspecified atom stereocenters. The summed E-state index contributed by atoms with van der Waals surface area (Å²) in [6.45, 7) is 1.73. The number of methoxy groups -OCH3 is 1. The van der Waals surface area contributed by atoms with Gasteiger partial charge in [0, 0.05) is 5.92 Å². The summed E-state index contributed by atoms with van der Waals surface area (Å²) in [7, 11) is 1.19. The summed E-state index contributed by atoms with van der Waals surface area (Å²) in [5, 5.41) is 0. The molecule has 146 valence electrons. The van der Waals surface area contributed by atoms with Crippen molar-refractivity contribution >= 4 is 18.0 Å². The normalized spacial score (nSPS) is 19.4. The minimum atomic E-state index is -0.994. The number of piperidine rings is 1. The Kier molecular flexibility index (Phi) is 6.09. The predicted octanol–water partition coefficient (Wildman–Crippen LogP) is 3.71. The van der Waals surface area contributed by atoms with Crippen LogP contribution in [0.15, 0.2) is 60.7 Å². The SMILES string of the molecule is COC(=O)N1C(=O)[C@H](C)CC[C@H]1C(=O)OC(c1ccccc1)c1ccccc1. The molecule has 0 saturated carbocycles. The molecule has 6 nitrogen and oxygen atoms in total. The molecule has 0 spiro atoms. The molecule has 3 rings (SSSR count). The standard InChI is InChI=1S/C22H23NO5/c1-15-13-14-18(23(20(15)24)22(26)27-2)21(25)28-19(16-9-5-3-6-10-16)17-11-7-4-8-12-17/h3-12,15,18-19H,13-14H2,1-2H3/t15-,18+/m1/s1. The van der Waals surface area contributed by atoms with Gasteiger partial charge in [0.15, 0.2) is 6.10 Å². The summed E-state index contributed by atoms with van der Waals surface area (Å²) in [4.78, 5) is 38.5. The smallest absolute Gasteiger partial charge is 0.417 e. The van der Waals surface area contributed by atoms with Crippen LogP contribution < -0.4 is 0 Å². The molecule has 6 heteroatoms. The largest absolute Gasteiger partial charge is 0.452 e. The molecule has 0 aromatic heterocycles. The van der Waals surface area contributed by atoms with Gasteiger partial charge in [-0.15, -0.1) is 0 Å². The monoisotopic (exact) mass is 381 g/mol. The van der Waals surface area contributed by atoms with E-state index in [1.54, 1.807) is 6.92 Å². The van der Waals surface area contributed by atoms with Gasteiger partial charge in [-0.3, -0.25) is 4.79 Å². The third-order valence-corrected chi connectivity index (χ3v) is 4.93. The van der Waals surface area contributed by atoms with E-state index < -0.39 is 30.1 Å². The van der Waals surface area contributed by atoms with E-state index in [4.69, 9.17) is 9.47 Å². The van der Waals surface area contributed by atoms with E-state index in [1.807, 2.05) is 60.7 Å². The maximum absolute atomic E-state index is 13.0. The number of nitrogens with zero attached hydrogens (tertiary/aromatic N) is 1. The topological polar surface area (TPSA) is 72.9 Å². The molecule has 2 aromatic rings. The van der Waals surface area contributed by atoms with Crippen molar-refractivity contribution in [2.24, 2.45) is 5.92 Å². The Hall–Kier alpha value is -3.15. The van der Waals surface area contributed by atoms with Crippen LogP contribution in [0.4, 0.5) is 4.79 Å². The number of likely N-dealkylation sites (tertiary alicyclic amines) is 1. The molecule has 28 heavy (non-hydrogen) atoms. The van der Waals surface area contributed by atoms with Crippen LogP contribution in [0.3, 0.4) is 0 Å². The number of carbonyl (C=O) groups excluding carboxylic acids is 3. The van der Waals surface area contributed by atoms with Gasteiger partial charge < -0.3 is 9.47 Å². The Bertz CT molecular complexity index is 797. The Morgan fingerprint density at radius 1 is 0.964 bits per heavy atom. The van der Waals surface area contributed by atoms with E-state index >= 15 is 0 Å². The molecule has 1 saturated heterocycles.